The number of carbonyl (C=O) groups is 1. The van der Waals surface area contributed by atoms with Crippen LogP contribution in [0.3, 0.4) is 0 Å². The van der Waals surface area contributed by atoms with Gasteiger partial charge in [0.25, 0.3) is 0 Å². The molecule has 0 radical (unpaired) electrons. The molecular formula is C17H25NO3. The van der Waals surface area contributed by atoms with Crippen molar-refractivity contribution >= 4 is 5.97 Å². The molecule has 1 aromatic carbocycles. The predicted molar refractivity (Wildman–Crippen MR) is 82.3 cm³/mol. The number of hydrogen-bond acceptors (Lipinski definition) is 4. The van der Waals surface area contributed by atoms with Crippen LogP contribution in [0.5, 0.6) is 5.75 Å². The first kappa shape index (κ1) is 15.8. The second-order valence-electron chi connectivity index (χ2n) is 5.67. The molecule has 1 aromatic rings. The van der Waals surface area contributed by atoms with Gasteiger partial charge >= 0.3 is 5.97 Å². The molecule has 1 saturated heterocycles. The third-order valence-electron chi connectivity index (χ3n) is 3.99. The van der Waals surface area contributed by atoms with Gasteiger partial charge in [0.2, 0.25) is 0 Å². The quantitative estimate of drug-likeness (QED) is 0.620. The number of ether oxygens (including phenoxy) is 2. The van der Waals surface area contributed by atoms with Crippen molar-refractivity contribution in [3.05, 3.63) is 30.3 Å². The van der Waals surface area contributed by atoms with E-state index >= 15 is 0 Å². The topological polar surface area (TPSA) is 47.6 Å². The third-order valence-corrected chi connectivity index (χ3v) is 3.99. The Morgan fingerprint density at radius 2 is 2.14 bits per heavy atom. The number of rotatable bonds is 7. The van der Waals surface area contributed by atoms with Gasteiger partial charge in [0.1, 0.15) is 19.0 Å². The number of esters is 1. The lowest BCUT2D eigenvalue weighted by molar-refractivity contribution is -0.145. The molecule has 2 atom stereocenters. The van der Waals surface area contributed by atoms with Gasteiger partial charge in [-0.15, -0.1) is 0 Å². The van der Waals surface area contributed by atoms with E-state index in [2.05, 4.69) is 12.2 Å². The van der Waals surface area contributed by atoms with E-state index in [1.165, 1.54) is 12.8 Å². The molecule has 1 aliphatic heterocycles. The van der Waals surface area contributed by atoms with Crippen LogP contribution in [0.15, 0.2) is 30.3 Å². The van der Waals surface area contributed by atoms with E-state index in [9.17, 15) is 4.79 Å². The van der Waals surface area contributed by atoms with Crippen LogP contribution in [0, 0.1) is 11.8 Å². The van der Waals surface area contributed by atoms with Gasteiger partial charge in [-0.25, -0.2) is 0 Å². The Balaban J connectivity index is 1.58. The van der Waals surface area contributed by atoms with Gasteiger partial charge in [-0.3, -0.25) is 4.79 Å². The van der Waals surface area contributed by atoms with Crippen molar-refractivity contribution in [2.75, 3.05) is 26.3 Å². The highest BCUT2D eigenvalue weighted by Gasteiger charge is 2.22. The van der Waals surface area contributed by atoms with E-state index in [1.807, 2.05) is 30.3 Å². The second-order valence-corrected chi connectivity index (χ2v) is 5.67. The monoisotopic (exact) mass is 291 g/mol. The standard InChI is InChI=1S/C17H25NO3/c1-14(15-6-5-9-18-13-15)12-17(19)21-11-10-20-16-7-3-2-4-8-16/h2-4,7-8,14-15,18H,5-6,9-13H2,1H3. The maximum Gasteiger partial charge on any atom is 0.306 e. The van der Waals surface area contributed by atoms with Crippen LogP contribution in [0.1, 0.15) is 26.2 Å². The highest BCUT2D eigenvalue weighted by Crippen LogP contribution is 2.22. The number of carbonyl (C=O) groups excluding carboxylic acids is 1. The fraction of sp³-hybridized carbons (Fsp3) is 0.588. The number of piperidine rings is 1. The highest BCUT2D eigenvalue weighted by atomic mass is 16.6. The van der Waals surface area contributed by atoms with Gasteiger partial charge in [0.05, 0.1) is 0 Å². The molecule has 0 spiro atoms. The van der Waals surface area contributed by atoms with Crippen LogP contribution in [0.2, 0.25) is 0 Å². The first-order chi connectivity index (χ1) is 10.3. The average molecular weight is 291 g/mol. The molecule has 0 bridgehead atoms. The van der Waals surface area contributed by atoms with Crippen LogP contribution in [0.25, 0.3) is 0 Å². The minimum Gasteiger partial charge on any atom is -0.490 e. The van der Waals surface area contributed by atoms with Crippen LogP contribution in [0.4, 0.5) is 0 Å². The summed E-state index contributed by atoms with van der Waals surface area (Å²) in [5.41, 5.74) is 0. The molecule has 0 saturated carbocycles. The molecule has 0 aliphatic carbocycles. The summed E-state index contributed by atoms with van der Waals surface area (Å²) in [6.45, 7) is 4.97. The van der Waals surface area contributed by atoms with E-state index in [1.54, 1.807) is 0 Å². The number of hydrogen-bond donors (Lipinski definition) is 1. The highest BCUT2D eigenvalue weighted by molar-refractivity contribution is 5.69. The van der Waals surface area contributed by atoms with Crippen molar-refractivity contribution in [3.63, 3.8) is 0 Å². The summed E-state index contributed by atoms with van der Waals surface area (Å²) in [5.74, 6) is 1.65. The summed E-state index contributed by atoms with van der Waals surface area (Å²) >= 11 is 0. The Morgan fingerprint density at radius 3 is 2.86 bits per heavy atom. The van der Waals surface area contributed by atoms with E-state index < -0.39 is 0 Å². The van der Waals surface area contributed by atoms with Gasteiger partial charge in [0.15, 0.2) is 0 Å². The summed E-state index contributed by atoms with van der Waals surface area (Å²) in [7, 11) is 0. The molecule has 0 aromatic heterocycles. The molecule has 4 nitrogen and oxygen atoms in total. The summed E-state index contributed by atoms with van der Waals surface area (Å²) < 4.78 is 10.7. The molecule has 1 heterocycles. The fourth-order valence-corrected chi connectivity index (χ4v) is 2.68. The van der Waals surface area contributed by atoms with E-state index in [4.69, 9.17) is 9.47 Å². The van der Waals surface area contributed by atoms with Gasteiger partial charge in [-0.1, -0.05) is 25.1 Å². The molecule has 2 rings (SSSR count). The Morgan fingerprint density at radius 1 is 1.33 bits per heavy atom. The number of benzene rings is 1. The Hall–Kier alpha value is -1.55. The number of para-hydroxylation sites is 1. The zero-order valence-corrected chi connectivity index (χ0v) is 12.7. The van der Waals surface area contributed by atoms with Crippen molar-refractivity contribution < 1.29 is 14.3 Å². The van der Waals surface area contributed by atoms with Crippen molar-refractivity contribution in [1.29, 1.82) is 0 Å². The normalized spacial score (nSPS) is 19.8. The Bertz CT molecular complexity index is 415. The lowest BCUT2D eigenvalue weighted by atomic mass is 9.85. The van der Waals surface area contributed by atoms with Crippen LogP contribution in [-0.4, -0.2) is 32.3 Å². The zero-order chi connectivity index (χ0) is 14.9. The lowest BCUT2D eigenvalue weighted by Crippen LogP contribution is -2.34. The average Bonchev–Trinajstić information content (AvgIpc) is 2.53. The summed E-state index contributed by atoms with van der Waals surface area (Å²) in [5, 5.41) is 3.39. The summed E-state index contributed by atoms with van der Waals surface area (Å²) in [6, 6.07) is 9.55. The third kappa shape index (κ3) is 5.76. The first-order valence-electron chi connectivity index (χ1n) is 7.80. The SMILES string of the molecule is CC(CC(=O)OCCOc1ccccc1)C1CCCNC1. The molecule has 2 unspecified atom stereocenters. The van der Waals surface area contributed by atoms with Crippen molar-refractivity contribution in [3.8, 4) is 5.75 Å². The maximum atomic E-state index is 11.8. The van der Waals surface area contributed by atoms with Crippen molar-refractivity contribution in [1.82, 2.24) is 5.32 Å². The zero-order valence-electron chi connectivity index (χ0n) is 12.7. The fourth-order valence-electron chi connectivity index (χ4n) is 2.68. The van der Waals surface area contributed by atoms with E-state index in [-0.39, 0.29) is 5.97 Å². The predicted octanol–water partition coefficient (Wildman–Crippen LogP) is 2.63. The minimum absolute atomic E-state index is 0.121. The molecule has 1 fully saturated rings. The summed E-state index contributed by atoms with van der Waals surface area (Å²) in [6.07, 6.45) is 2.91. The molecular weight excluding hydrogens is 266 g/mol. The first-order valence-corrected chi connectivity index (χ1v) is 7.80. The Labute approximate surface area is 126 Å². The van der Waals surface area contributed by atoms with Gasteiger partial charge in [0, 0.05) is 6.42 Å². The largest absolute Gasteiger partial charge is 0.490 e. The molecule has 21 heavy (non-hydrogen) atoms. The maximum absolute atomic E-state index is 11.8. The lowest BCUT2D eigenvalue weighted by Gasteiger charge is -2.27. The van der Waals surface area contributed by atoms with E-state index in [0.717, 1.165) is 18.8 Å². The molecule has 116 valence electrons. The number of nitrogens with one attached hydrogen (secondary N) is 1. The molecule has 1 N–H and O–H groups in total. The minimum atomic E-state index is -0.121. The van der Waals surface area contributed by atoms with Gasteiger partial charge in [-0.2, -0.15) is 0 Å². The molecule has 1 aliphatic rings. The second kappa shape index (κ2) is 8.67. The van der Waals surface area contributed by atoms with Crippen LogP contribution in [-0.2, 0) is 9.53 Å². The smallest absolute Gasteiger partial charge is 0.306 e. The summed E-state index contributed by atoms with van der Waals surface area (Å²) in [4.78, 5) is 11.8. The van der Waals surface area contributed by atoms with Crippen molar-refractivity contribution in [2.24, 2.45) is 11.8 Å². The van der Waals surface area contributed by atoms with Gasteiger partial charge in [-0.05, 0) is 49.9 Å². The molecule has 0 amide bonds. The molecule has 4 heteroatoms. The Kier molecular flexibility index (Phi) is 6.54. The van der Waals surface area contributed by atoms with E-state index in [0.29, 0.717) is 31.5 Å². The van der Waals surface area contributed by atoms with Crippen LogP contribution < -0.4 is 10.1 Å². The van der Waals surface area contributed by atoms with Gasteiger partial charge < -0.3 is 14.8 Å². The van der Waals surface area contributed by atoms with Crippen molar-refractivity contribution in [2.45, 2.75) is 26.2 Å². The van der Waals surface area contributed by atoms with Crippen LogP contribution >= 0.6 is 0 Å².